The first kappa shape index (κ1) is 12.2. The molecule has 0 unspecified atom stereocenters. The number of nitrogens with zero attached hydrogens (tertiary/aromatic N) is 2. The number of Topliss-reactive ketones (excluding diaryl/α,β-unsaturated/α-hetero) is 1. The van der Waals surface area contributed by atoms with Gasteiger partial charge in [0.1, 0.15) is 11.6 Å². The summed E-state index contributed by atoms with van der Waals surface area (Å²) in [7, 11) is 0. The van der Waals surface area contributed by atoms with E-state index in [9.17, 15) is 4.79 Å². The zero-order valence-corrected chi connectivity index (χ0v) is 11.1. The number of aromatic nitrogens is 2. The number of hydrogen-bond acceptors (Lipinski definition) is 3. The average Bonchev–Trinajstić information content (AvgIpc) is 2.26. The lowest BCUT2D eigenvalue weighted by atomic mass is 9.90. The van der Waals surface area contributed by atoms with Crippen LogP contribution in [0.3, 0.4) is 0 Å². The van der Waals surface area contributed by atoms with Crippen LogP contribution in [0.4, 0.5) is 0 Å². The van der Waals surface area contributed by atoms with E-state index in [-0.39, 0.29) is 0 Å². The third kappa shape index (κ3) is 2.38. The summed E-state index contributed by atoms with van der Waals surface area (Å²) in [6.45, 7) is 8.50. The van der Waals surface area contributed by atoms with Gasteiger partial charge in [0.2, 0.25) is 0 Å². The second-order valence-electron chi connectivity index (χ2n) is 5.42. The molecule has 0 aromatic carbocycles. The molecule has 0 N–H and O–H groups in total. The summed E-state index contributed by atoms with van der Waals surface area (Å²) in [5, 5.41) is 0. The van der Waals surface area contributed by atoms with Gasteiger partial charge in [0.15, 0.2) is 0 Å². The van der Waals surface area contributed by atoms with Gasteiger partial charge in [0, 0.05) is 18.8 Å². The molecular formula is C14H20N2O. The number of carbonyl (C=O) groups excluding carboxylic acids is 1. The van der Waals surface area contributed by atoms with Gasteiger partial charge in [0.05, 0.1) is 11.4 Å². The molecule has 0 aliphatic heterocycles. The summed E-state index contributed by atoms with van der Waals surface area (Å²) in [4.78, 5) is 20.8. The van der Waals surface area contributed by atoms with Crippen molar-refractivity contribution >= 4 is 5.78 Å². The maximum atomic E-state index is 11.5. The minimum Gasteiger partial charge on any atom is -0.299 e. The first-order valence-electron chi connectivity index (χ1n) is 6.40. The van der Waals surface area contributed by atoms with Gasteiger partial charge in [0.25, 0.3) is 0 Å². The van der Waals surface area contributed by atoms with E-state index >= 15 is 0 Å². The standard InChI is InChI=1S/C14H20N2O/c1-8(2)13-11-6-5-10(17)7-12(11)15-14(16-13)9(3)4/h8-9H,5-7H2,1-4H3. The Kier molecular flexibility index (Phi) is 3.27. The highest BCUT2D eigenvalue weighted by Crippen LogP contribution is 2.27. The average molecular weight is 232 g/mol. The Morgan fingerprint density at radius 3 is 2.29 bits per heavy atom. The maximum absolute atomic E-state index is 11.5. The Morgan fingerprint density at radius 2 is 1.71 bits per heavy atom. The molecule has 1 aliphatic carbocycles. The van der Waals surface area contributed by atoms with E-state index in [4.69, 9.17) is 0 Å². The Morgan fingerprint density at radius 1 is 1.00 bits per heavy atom. The molecule has 1 aromatic heterocycles. The first-order chi connectivity index (χ1) is 7.99. The number of fused-ring (bicyclic) bond motifs is 1. The van der Waals surface area contributed by atoms with Crippen LogP contribution in [-0.4, -0.2) is 15.8 Å². The second kappa shape index (κ2) is 4.55. The minimum absolute atomic E-state index is 0.306. The van der Waals surface area contributed by atoms with Crippen molar-refractivity contribution in [3.8, 4) is 0 Å². The van der Waals surface area contributed by atoms with Gasteiger partial charge in [-0.05, 0) is 17.9 Å². The normalized spacial score (nSPS) is 15.5. The summed E-state index contributed by atoms with van der Waals surface area (Å²) in [5.74, 6) is 1.90. The molecule has 0 fully saturated rings. The lowest BCUT2D eigenvalue weighted by Gasteiger charge is -2.21. The largest absolute Gasteiger partial charge is 0.299 e. The zero-order chi connectivity index (χ0) is 12.6. The minimum atomic E-state index is 0.306. The van der Waals surface area contributed by atoms with E-state index in [2.05, 4.69) is 37.7 Å². The van der Waals surface area contributed by atoms with Crippen molar-refractivity contribution in [2.75, 3.05) is 0 Å². The highest BCUT2D eigenvalue weighted by molar-refractivity contribution is 5.82. The van der Waals surface area contributed by atoms with Crippen molar-refractivity contribution in [1.29, 1.82) is 0 Å². The highest BCUT2D eigenvalue weighted by atomic mass is 16.1. The lowest BCUT2D eigenvalue weighted by molar-refractivity contribution is -0.118. The van der Waals surface area contributed by atoms with Crippen molar-refractivity contribution < 1.29 is 4.79 Å². The van der Waals surface area contributed by atoms with Crippen LogP contribution in [0.1, 0.15) is 68.7 Å². The summed E-state index contributed by atoms with van der Waals surface area (Å²) >= 11 is 0. The van der Waals surface area contributed by atoms with Gasteiger partial charge in [-0.3, -0.25) is 4.79 Å². The SMILES string of the molecule is CC(C)c1nc2c(c(C(C)C)n1)CCC(=O)C2. The van der Waals surface area contributed by atoms with Gasteiger partial charge in [-0.1, -0.05) is 27.7 Å². The summed E-state index contributed by atoms with van der Waals surface area (Å²) < 4.78 is 0. The molecule has 0 amide bonds. The topological polar surface area (TPSA) is 42.9 Å². The van der Waals surface area contributed by atoms with Crippen LogP contribution in [-0.2, 0) is 17.6 Å². The molecule has 0 saturated carbocycles. The molecule has 1 aliphatic rings. The fourth-order valence-corrected chi connectivity index (χ4v) is 2.26. The number of hydrogen-bond donors (Lipinski definition) is 0. The monoisotopic (exact) mass is 232 g/mol. The molecule has 1 aromatic rings. The Bertz CT molecular complexity index is 450. The van der Waals surface area contributed by atoms with Crippen LogP contribution < -0.4 is 0 Å². The van der Waals surface area contributed by atoms with Crippen molar-refractivity contribution in [1.82, 2.24) is 9.97 Å². The van der Waals surface area contributed by atoms with Gasteiger partial charge in [-0.25, -0.2) is 9.97 Å². The van der Waals surface area contributed by atoms with Crippen molar-refractivity contribution in [2.45, 2.75) is 58.8 Å². The summed E-state index contributed by atoms with van der Waals surface area (Å²) in [6.07, 6.45) is 1.97. The van der Waals surface area contributed by atoms with E-state index in [0.717, 1.165) is 23.6 Å². The summed E-state index contributed by atoms with van der Waals surface area (Å²) in [5.41, 5.74) is 3.35. The van der Waals surface area contributed by atoms with Crippen LogP contribution >= 0.6 is 0 Å². The van der Waals surface area contributed by atoms with E-state index in [1.165, 1.54) is 5.56 Å². The van der Waals surface area contributed by atoms with Gasteiger partial charge >= 0.3 is 0 Å². The third-order valence-corrected chi connectivity index (χ3v) is 3.22. The van der Waals surface area contributed by atoms with Crippen LogP contribution in [0.25, 0.3) is 0 Å². The Labute approximate surface area is 103 Å². The van der Waals surface area contributed by atoms with Crippen LogP contribution in [0.5, 0.6) is 0 Å². The third-order valence-electron chi connectivity index (χ3n) is 3.22. The molecule has 0 spiro atoms. The molecular weight excluding hydrogens is 212 g/mol. The van der Waals surface area contributed by atoms with Crippen molar-refractivity contribution in [3.63, 3.8) is 0 Å². The molecule has 17 heavy (non-hydrogen) atoms. The highest BCUT2D eigenvalue weighted by Gasteiger charge is 2.23. The lowest BCUT2D eigenvalue weighted by Crippen LogP contribution is -2.20. The molecule has 92 valence electrons. The van der Waals surface area contributed by atoms with E-state index < -0.39 is 0 Å². The van der Waals surface area contributed by atoms with Crippen LogP contribution in [0, 0.1) is 0 Å². The predicted octanol–water partition coefficient (Wildman–Crippen LogP) is 2.78. The van der Waals surface area contributed by atoms with Gasteiger partial charge in [-0.15, -0.1) is 0 Å². The zero-order valence-electron chi connectivity index (χ0n) is 11.1. The second-order valence-corrected chi connectivity index (χ2v) is 5.42. The molecule has 2 rings (SSSR count). The molecule has 3 heteroatoms. The molecule has 0 atom stereocenters. The van der Waals surface area contributed by atoms with Gasteiger partial charge < -0.3 is 0 Å². The van der Waals surface area contributed by atoms with E-state index in [1.54, 1.807) is 0 Å². The fraction of sp³-hybridized carbons (Fsp3) is 0.643. The van der Waals surface area contributed by atoms with Crippen molar-refractivity contribution in [2.24, 2.45) is 0 Å². The Hall–Kier alpha value is -1.25. The molecule has 3 nitrogen and oxygen atoms in total. The maximum Gasteiger partial charge on any atom is 0.139 e. The number of rotatable bonds is 2. The van der Waals surface area contributed by atoms with E-state index in [1.807, 2.05) is 0 Å². The number of carbonyl (C=O) groups is 1. The van der Waals surface area contributed by atoms with Crippen LogP contribution in [0.2, 0.25) is 0 Å². The summed E-state index contributed by atoms with van der Waals surface area (Å²) in [6, 6.07) is 0. The fourth-order valence-electron chi connectivity index (χ4n) is 2.26. The quantitative estimate of drug-likeness (QED) is 0.787. The van der Waals surface area contributed by atoms with Gasteiger partial charge in [-0.2, -0.15) is 0 Å². The predicted molar refractivity (Wildman–Crippen MR) is 67.2 cm³/mol. The first-order valence-corrected chi connectivity index (χ1v) is 6.40. The molecule has 0 radical (unpaired) electrons. The van der Waals surface area contributed by atoms with Crippen molar-refractivity contribution in [3.05, 3.63) is 22.8 Å². The Balaban J connectivity index is 2.55. The smallest absolute Gasteiger partial charge is 0.139 e. The number of ketones is 1. The van der Waals surface area contributed by atoms with Crippen LogP contribution in [0.15, 0.2) is 0 Å². The molecule has 1 heterocycles. The molecule has 0 bridgehead atoms. The molecule has 0 saturated heterocycles. The van der Waals surface area contributed by atoms with E-state index in [0.29, 0.717) is 30.5 Å².